The molecular weight excluding hydrogens is 286 g/mol. The van der Waals surface area contributed by atoms with Gasteiger partial charge in [-0.3, -0.25) is 0 Å². The van der Waals surface area contributed by atoms with Crippen LogP contribution in [0.1, 0.15) is 12.5 Å². The first-order chi connectivity index (χ1) is 10.1. The predicted octanol–water partition coefficient (Wildman–Crippen LogP) is 3.41. The lowest BCUT2D eigenvalue weighted by Gasteiger charge is -2.23. The number of halogens is 1. The molecule has 1 N–H and O–H groups in total. The van der Waals surface area contributed by atoms with Crippen LogP contribution in [0, 0.1) is 0 Å². The lowest BCUT2D eigenvalue weighted by Crippen LogP contribution is -2.33. The SMILES string of the molecule is CNc1ccc(Cl)c(COC2(C)CN3C=CC=CC3=N2)c1. The molecule has 5 heteroatoms. The summed E-state index contributed by atoms with van der Waals surface area (Å²) in [5.74, 6) is 0.940. The van der Waals surface area contributed by atoms with E-state index in [9.17, 15) is 0 Å². The molecule has 4 nitrogen and oxygen atoms in total. The Morgan fingerprint density at radius 1 is 1.43 bits per heavy atom. The van der Waals surface area contributed by atoms with Gasteiger partial charge in [-0.25, -0.2) is 4.99 Å². The Labute approximate surface area is 129 Å². The molecular formula is C16H18ClN3O. The van der Waals surface area contributed by atoms with Crippen LogP contribution in [0.3, 0.4) is 0 Å². The monoisotopic (exact) mass is 303 g/mol. The maximum absolute atomic E-state index is 6.23. The highest BCUT2D eigenvalue weighted by molar-refractivity contribution is 6.31. The van der Waals surface area contributed by atoms with Gasteiger partial charge in [0.15, 0.2) is 5.72 Å². The summed E-state index contributed by atoms with van der Waals surface area (Å²) in [4.78, 5) is 6.74. The van der Waals surface area contributed by atoms with E-state index in [1.54, 1.807) is 0 Å². The van der Waals surface area contributed by atoms with Gasteiger partial charge in [0.1, 0.15) is 5.84 Å². The molecule has 1 unspecified atom stereocenters. The average molecular weight is 304 g/mol. The van der Waals surface area contributed by atoms with E-state index >= 15 is 0 Å². The van der Waals surface area contributed by atoms with Gasteiger partial charge in [0, 0.05) is 24.0 Å². The van der Waals surface area contributed by atoms with E-state index in [-0.39, 0.29) is 0 Å². The second-order valence-electron chi connectivity index (χ2n) is 5.32. The van der Waals surface area contributed by atoms with Crippen LogP contribution in [-0.2, 0) is 11.3 Å². The molecule has 2 aliphatic heterocycles. The van der Waals surface area contributed by atoms with Gasteiger partial charge in [-0.1, -0.05) is 17.7 Å². The molecule has 0 radical (unpaired) electrons. The van der Waals surface area contributed by atoms with Gasteiger partial charge in [0.25, 0.3) is 0 Å². The van der Waals surface area contributed by atoms with Crippen molar-refractivity contribution in [2.24, 2.45) is 4.99 Å². The minimum Gasteiger partial charge on any atom is -0.388 e. The van der Waals surface area contributed by atoms with Gasteiger partial charge < -0.3 is 15.0 Å². The van der Waals surface area contributed by atoms with Crippen molar-refractivity contribution in [1.29, 1.82) is 0 Å². The van der Waals surface area contributed by atoms with Gasteiger partial charge >= 0.3 is 0 Å². The largest absolute Gasteiger partial charge is 0.388 e. The lowest BCUT2D eigenvalue weighted by atomic mass is 10.2. The van der Waals surface area contributed by atoms with Gasteiger partial charge in [-0.15, -0.1) is 0 Å². The third-order valence-electron chi connectivity index (χ3n) is 3.60. The average Bonchev–Trinajstić information content (AvgIpc) is 2.83. The predicted molar refractivity (Wildman–Crippen MR) is 86.6 cm³/mol. The molecule has 0 fully saturated rings. The van der Waals surface area contributed by atoms with E-state index in [0.717, 1.165) is 17.1 Å². The molecule has 110 valence electrons. The molecule has 1 aromatic carbocycles. The van der Waals surface area contributed by atoms with Gasteiger partial charge in [0.05, 0.1) is 13.2 Å². The highest BCUT2D eigenvalue weighted by atomic mass is 35.5. The zero-order valence-corrected chi connectivity index (χ0v) is 12.9. The summed E-state index contributed by atoms with van der Waals surface area (Å²) in [6.07, 6.45) is 7.98. The van der Waals surface area contributed by atoms with Crippen LogP contribution in [0.5, 0.6) is 0 Å². The number of hydrogen-bond donors (Lipinski definition) is 1. The molecule has 0 saturated carbocycles. The Morgan fingerprint density at radius 3 is 3.05 bits per heavy atom. The molecule has 3 rings (SSSR count). The van der Waals surface area contributed by atoms with Crippen LogP contribution in [0.2, 0.25) is 5.02 Å². The number of amidine groups is 1. The third-order valence-corrected chi connectivity index (χ3v) is 3.97. The van der Waals surface area contributed by atoms with E-state index < -0.39 is 5.72 Å². The Kier molecular flexibility index (Phi) is 3.74. The zero-order valence-electron chi connectivity index (χ0n) is 12.1. The van der Waals surface area contributed by atoms with Crippen molar-refractivity contribution in [1.82, 2.24) is 4.90 Å². The molecule has 0 aliphatic carbocycles. The van der Waals surface area contributed by atoms with Crippen molar-refractivity contribution in [3.63, 3.8) is 0 Å². The third kappa shape index (κ3) is 2.96. The number of rotatable bonds is 4. The van der Waals surface area contributed by atoms with E-state index in [4.69, 9.17) is 16.3 Å². The second-order valence-corrected chi connectivity index (χ2v) is 5.73. The van der Waals surface area contributed by atoms with E-state index in [1.807, 2.05) is 56.6 Å². The van der Waals surface area contributed by atoms with Crippen molar-refractivity contribution in [2.45, 2.75) is 19.3 Å². The fraction of sp³-hybridized carbons (Fsp3) is 0.312. The minimum absolute atomic E-state index is 0.433. The van der Waals surface area contributed by atoms with Crippen molar-refractivity contribution >= 4 is 23.1 Å². The molecule has 0 spiro atoms. The van der Waals surface area contributed by atoms with Crippen molar-refractivity contribution in [3.8, 4) is 0 Å². The molecule has 1 atom stereocenters. The highest BCUT2D eigenvalue weighted by Crippen LogP contribution is 2.28. The van der Waals surface area contributed by atoms with Crippen LogP contribution in [-0.4, -0.2) is 30.1 Å². The number of nitrogens with one attached hydrogen (secondary N) is 1. The van der Waals surface area contributed by atoms with Crippen molar-refractivity contribution < 1.29 is 4.74 Å². The number of aliphatic imine (C=N–C) groups is 1. The van der Waals surface area contributed by atoms with Crippen LogP contribution in [0.4, 0.5) is 5.69 Å². The van der Waals surface area contributed by atoms with Gasteiger partial charge in [-0.05, 0) is 42.8 Å². The number of anilines is 1. The number of fused-ring (bicyclic) bond motifs is 1. The summed E-state index contributed by atoms with van der Waals surface area (Å²) >= 11 is 6.23. The molecule has 0 amide bonds. The molecule has 0 aromatic heterocycles. The quantitative estimate of drug-likeness (QED) is 0.926. The standard InChI is InChI=1S/C16H18ClN3O/c1-16(11-20-8-4-3-5-15(20)19-16)21-10-12-9-13(18-2)6-7-14(12)17/h3-9,18H,10-11H2,1-2H3. The van der Waals surface area contributed by atoms with Crippen molar-refractivity contribution in [2.75, 3.05) is 18.9 Å². The maximum atomic E-state index is 6.23. The Morgan fingerprint density at radius 2 is 2.29 bits per heavy atom. The summed E-state index contributed by atoms with van der Waals surface area (Å²) in [5, 5.41) is 3.81. The molecule has 0 bridgehead atoms. The first-order valence-corrected chi connectivity index (χ1v) is 7.29. The van der Waals surface area contributed by atoms with Gasteiger partial charge in [-0.2, -0.15) is 0 Å². The zero-order chi connectivity index (χ0) is 14.9. The Bertz CT molecular complexity index is 638. The number of hydrogen-bond acceptors (Lipinski definition) is 4. The molecule has 2 heterocycles. The van der Waals surface area contributed by atoms with Gasteiger partial charge in [0.2, 0.25) is 0 Å². The molecule has 21 heavy (non-hydrogen) atoms. The first-order valence-electron chi connectivity index (χ1n) is 6.91. The number of ether oxygens (including phenoxy) is 1. The summed E-state index contributed by atoms with van der Waals surface area (Å²) < 4.78 is 6.04. The van der Waals surface area contributed by atoms with Crippen LogP contribution < -0.4 is 5.32 Å². The fourth-order valence-corrected chi connectivity index (χ4v) is 2.62. The number of allylic oxidation sites excluding steroid dienone is 2. The van der Waals surface area contributed by atoms with Crippen LogP contribution >= 0.6 is 11.6 Å². The summed E-state index contributed by atoms with van der Waals surface area (Å²) in [6.45, 7) is 3.14. The number of nitrogens with zero attached hydrogens (tertiary/aromatic N) is 2. The summed E-state index contributed by atoms with van der Waals surface area (Å²) in [7, 11) is 1.88. The topological polar surface area (TPSA) is 36.9 Å². The smallest absolute Gasteiger partial charge is 0.176 e. The fourth-order valence-electron chi connectivity index (χ4n) is 2.45. The second kappa shape index (κ2) is 5.54. The molecule has 2 aliphatic rings. The van der Waals surface area contributed by atoms with Crippen molar-refractivity contribution in [3.05, 3.63) is 53.2 Å². The highest BCUT2D eigenvalue weighted by Gasteiger charge is 2.35. The normalized spacial score (nSPS) is 23.2. The first kappa shape index (κ1) is 14.2. The summed E-state index contributed by atoms with van der Waals surface area (Å²) in [5.41, 5.74) is 1.43. The van der Waals surface area contributed by atoms with E-state index in [1.165, 1.54) is 0 Å². The van der Waals surface area contributed by atoms with Crippen LogP contribution in [0.25, 0.3) is 0 Å². The number of benzene rings is 1. The maximum Gasteiger partial charge on any atom is 0.176 e. The Hall–Kier alpha value is -1.78. The minimum atomic E-state index is -0.548. The Balaban J connectivity index is 1.72. The molecule has 1 aromatic rings. The van der Waals surface area contributed by atoms with E-state index in [0.29, 0.717) is 18.2 Å². The lowest BCUT2D eigenvalue weighted by molar-refractivity contribution is -0.0338. The van der Waals surface area contributed by atoms with E-state index in [2.05, 4.69) is 15.2 Å². The van der Waals surface area contributed by atoms with Crippen LogP contribution in [0.15, 0.2) is 47.6 Å². The summed E-state index contributed by atoms with van der Waals surface area (Å²) in [6, 6.07) is 5.82. The molecule has 0 saturated heterocycles.